The Hall–Kier alpha value is -2.94. The van der Waals surface area contributed by atoms with Crippen molar-refractivity contribution in [2.45, 2.75) is 0 Å². The lowest BCUT2D eigenvalue weighted by Gasteiger charge is -2.12. The van der Waals surface area contributed by atoms with E-state index in [1.165, 1.54) is 39.8 Å². The molecule has 32 heavy (non-hydrogen) atoms. The number of hydrogen-bond acceptors (Lipinski definition) is 8. The number of thiophene rings is 1. The van der Waals surface area contributed by atoms with Crippen molar-refractivity contribution in [1.29, 1.82) is 0 Å². The Balaban J connectivity index is 1.77. The van der Waals surface area contributed by atoms with Crippen LogP contribution < -0.4 is 18.9 Å². The van der Waals surface area contributed by atoms with Gasteiger partial charge in [0.15, 0.2) is 17.2 Å². The molecule has 10 heteroatoms. The van der Waals surface area contributed by atoms with Gasteiger partial charge in [-0.05, 0) is 35.9 Å². The lowest BCUT2D eigenvalue weighted by molar-refractivity contribution is -0.129. The van der Waals surface area contributed by atoms with E-state index in [0.717, 1.165) is 5.39 Å². The molecule has 0 amide bonds. The standard InChI is InChI=1S/C22H17Cl2NO6S/c1-27-13-6-5-11-16(23)20(32-19(11)17(13)24)21-25-12(22(26)31-21)7-10-8-14(28-2)18(30-4)15(9-10)29-3/h5-9H,1-4H3/b12-7-. The maximum atomic E-state index is 12.5. The number of halogens is 2. The van der Waals surface area contributed by atoms with Gasteiger partial charge < -0.3 is 23.7 Å². The minimum absolute atomic E-state index is 0.103. The second kappa shape index (κ2) is 8.90. The Kier molecular flexibility index (Phi) is 6.19. The molecule has 2 aromatic carbocycles. The molecule has 7 nitrogen and oxygen atoms in total. The molecule has 0 bridgehead atoms. The number of nitrogens with zero attached hydrogens (tertiary/aromatic N) is 1. The van der Waals surface area contributed by atoms with Crippen molar-refractivity contribution in [3.63, 3.8) is 0 Å². The van der Waals surface area contributed by atoms with Crippen LogP contribution in [0.15, 0.2) is 35.0 Å². The van der Waals surface area contributed by atoms with Crippen molar-refractivity contribution < 1.29 is 28.5 Å². The van der Waals surface area contributed by atoms with E-state index in [9.17, 15) is 4.79 Å². The first-order chi connectivity index (χ1) is 15.4. The largest absolute Gasteiger partial charge is 0.495 e. The summed E-state index contributed by atoms with van der Waals surface area (Å²) in [5, 5.41) is 1.55. The molecular weight excluding hydrogens is 477 g/mol. The SMILES string of the molecule is COc1cc(/C=C2\N=C(c3sc4c(Cl)c(OC)ccc4c3Cl)OC2=O)cc(OC)c1OC. The summed E-state index contributed by atoms with van der Waals surface area (Å²) in [5.74, 6) is 1.37. The summed E-state index contributed by atoms with van der Waals surface area (Å²) in [5.41, 5.74) is 0.721. The summed E-state index contributed by atoms with van der Waals surface area (Å²) in [6, 6.07) is 6.93. The van der Waals surface area contributed by atoms with Crippen LogP contribution in [0.25, 0.3) is 16.2 Å². The third kappa shape index (κ3) is 3.74. The molecule has 3 aromatic rings. The van der Waals surface area contributed by atoms with Gasteiger partial charge in [-0.1, -0.05) is 23.2 Å². The molecule has 166 valence electrons. The number of esters is 1. The molecule has 1 aromatic heterocycles. The number of cyclic esters (lactones) is 1. The van der Waals surface area contributed by atoms with E-state index < -0.39 is 5.97 Å². The molecule has 0 saturated heterocycles. The first-order valence-electron chi connectivity index (χ1n) is 9.19. The van der Waals surface area contributed by atoms with Gasteiger partial charge in [-0.15, -0.1) is 11.3 Å². The summed E-state index contributed by atoms with van der Waals surface area (Å²) in [6.45, 7) is 0. The van der Waals surface area contributed by atoms with Gasteiger partial charge in [0.05, 0.1) is 38.2 Å². The predicted octanol–water partition coefficient (Wildman–Crippen LogP) is 5.59. The second-order valence-electron chi connectivity index (χ2n) is 6.50. The van der Waals surface area contributed by atoms with Crippen molar-refractivity contribution in [2.75, 3.05) is 28.4 Å². The monoisotopic (exact) mass is 493 g/mol. The summed E-state index contributed by atoms with van der Waals surface area (Å²) in [6.07, 6.45) is 1.57. The van der Waals surface area contributed by atoms with Crippen LogP contribution in [0.2, 0.25) is 10.0 Å². The zero-order valence-electron chi connectivity index (χ0n) is 17.4. The van der Waals surface area contributed by atoms with Crippen molar-refractivity contribution in [3.8, 4) is 23.0 Å². The van der Waals surface area contributed by atoms with E-state index in [0.29, 0.717) is 48.2 Å². The first-order valence-corrected chi connectivity index (χ1v) is 10.8. The van der Waals surface area contributed by atoms with Crippen LogP contribution in [0.4, 0.5) is 0 Å². The van der Waals surface area contributed by atoms with Crippen LogP contribution in [-0.2, 0) is 9.53 Å². The van der Waals surface area contributed by atoms with Gasteiger partial charge in [0, 0.05) is 5.39 Å². The molecule has 0 fully saturated rings. The van der Waals surface area contributed by atoms with Gasteiger partial charge in [-0.2, -0.15) is 0 Å². The van der Waals surface area contributed by atoms with E-state index >= 15 is 0 Å². The molecule has 1 aliphatic rings. The topological polar surface area (TPSA) is 75.6 Å². The number of carbonyl (C=O) groups excluding carboxylic acids is 1. The minimum Gasteiger partial charge on any atom is -0.495 e. The van der Waals surface area contributed by atoms with E-state index in [1.807, 2.05) is 0 Å². The number of ether oxygens (including phenoxy) is 5. The number of benzene rings is 2. The molecule has 0 unspecified atom stereocenters. The average molecular weight is 494 g/mol. The van der Waals surface area contributed by atoms with Gasteiger partial charge in [0.2, 0.25) is 11.6 Å². The smallest absolute Gasteiger partial charge is 0.363 e. The number of methoxy groups -OCH3 is 4. The van der Waals surface area contributed by atoms with Crippen LogP contribution in [0.1, 0.15) is 10.4 Å². The summed E-state index contributed by atoms with van der Waals surface area (Å²) in [4.78, 5) is 17.4. The maximum Gasteiger partial charge on any atom is 0.363 e. The highest BCUT2D eigenvalue weighted by atomic mass is 35.5. The number of fused-ring (bicyclic) bond motifs is 1. The third-order valence-electron chi connectivity index (χ3n) is 4.73. The Bertz CT molecular complexity index is 1270. The number of hydrogen-bond donors (Lipinski definition) is 0. The Morgan fingerprint density at radius 2 is 1.59 bits per heavy atom. The molecular formula is C22H17Cl2NO6S. The Labute approximate surface area is 197 Å². The maximum absolute atomic E-state index is 12.5. The van der Waals surface area contributed by atoms with Crippen molar-refractivity contribution >= 4 is 62.6 Å². The second-order valence-corrected chi connectivity index (χ2v) is 8.27. The van der Waals surface area contributed by atoms with Crippen molar-refractivity contribution in [3.05, 3.63) is 50.4 Å². The summed E-state index contributed by atoms with van der Waals surface area (Å²) in [7, 11) is 6.07. The molecule has 0 atom stereocenters. The van der Waals surface area contributed by atoms with Gasteiger partial charge in [-0.3, -0.25) is 0 Å². The predicted molar refractivity (Wildman–Crippen MR) is 125 cm³/mol. The highest BCUT2D eigenvalue weighted by Crippen LogP contribution is 2.44. The van der Waals surface area contributed by atoms with Gasteiger partial charge >= 0.3 is 5.97 Å². The van der Waals surface area contributed by atoms with E-state index in [-0.39, 0.29) is 11.6 Å². The quantitative estimate of drug-likeness (QED) is 0.329. The molecule has 0 saturated carbocycles. The fraction of sp³-hybridized carbons (Fsp3) is 0.182. The van der Waals surface area contributed by atoms with E-state index in [1.54, 1.807) is 30.3 Å². The van der Waals surface area contributed by atoms with Gasteiger partial charge in [0.1, 0.15) is 15.6 Å². The van der Waals surface area contributed by atoms with Crippen LogP contribution >= 0.6 is 34.5 Å². The van der Waals surface area contributed by atoms with Gasteiger partial charge in [-0.25, -0.2) is 9.79 Å². The molecule has 1 aliphatic heterocycles. The van der Waals surface area contributed by atoms with Crippen LogP contribution in [0.3, 0.4) is 0 Å². The summed E-state index contributed by atoms with van der Waals surface area (Å²) < 4.78 is 27.4. The molecule has 0 spiro atoms. The van der Waals surface area contributed by atoms with Crippen molar-refractivity contribution in [1.82, 2.24) is 0 Å². The Morgan fingerprint density at radius 1 is 0.938 bits per heavy atom. The van der Waals surface area contributed by atoms with Crippen molar-refractivity contribution in [2.24, 2.45) is 4.99 Å². The minimum atomic E-state index is -0.606. The highest BCUT2D eigenvalue weighted by Gasteiger charge is 2.29. The fourth-order valence-corrected chi connectivity index (χ4v) is 5.04. The van der Waals surface area contributed by atoms with E-state index in [2.05, 4.69) is 4.99 Å². The molecule has 2 heterocycles. The normalized spacial score (nSPS) is 14.5. The number of rotatable bonds is 6. The third-order valence-corrected chi connectivity index (χ3v) is 6.93. The highest BCUT2D eigenvalue weighted by molar-refractivity contribution is 7.22. The average Bonchev–Trinajstić information content (AvgIpc) is 3.33. The molecule has 0 aliphatic carbocycles. The number of carbonyl (C=O) groups is 1. The zero-order valence-corrected chi connectivity index (χ0v) is 19.8. The Morgan fingerprint density at radius 3 is 2.19 bits per heavy atom. The fourth-order valence-electron chi connectivity index (χ4n) is 3.22. The van der Waals surface area contributed by atoms with E-state index in [4.69, 9.17) is 46.9 Å². The van der Waals surface area contributed by atoms with Crippen LogP contribution in [-0.4, -0.2) is 40.3 Å². The zero-order chi connectivity index (χ0) is 23.0. The molecule has 0 radical (unpaired) electrons. The summed E-state index contributed by atoms with van der Waals surface area (Å²) >= 11 is 14.2. The molecule has 0 N–H and O–H groups in total. The van der Waals surface area contributed by atoms with Crippen LogP contribution in [0.5, 0.6) is 23.0 Å². The van der Waals surface area contributed by atoms with Gasteiger partial charge in [0.25, 0.3) is 0 Å². The lowest BCUT2D eigenvalue weighted by Crippen LogP contribution is -2.04. The van der Waals surface area contributed by atoms with Crippen LogP contribution in [0, 0.1) is 0 Å². The first kappa shape index (κ1) is 22.3. The molecule has 4 rings (SSSR count). The lowest BCUT2D eigenvalue weighted by atomic mass is 10.1. The number of aliphatic imine (C=N–C) groups is 1.